The number of hydrogen-bond donors (Lipinski definition) is 6. The lowest BCUT2D eigenvalue weighted by atomic mass is 9.99. The van der Waals surface area contributed by atoms with Crippen LogP contribution in [0.15, 0.2) is 85.1 Å². The molecule has 9 heteroatoms. The number of allylic oxidation sites excluding steroid dienone is 14. The highest BCUT2D eigenvalue weighted by Crippen LogP contribution is 2.23. The molecular formula is C62H109NO8. The van der Waals surface area contributed by atoms with E-state index < -0.39 is 49.5 Å². The third-order valence-corrected chi connectivity index (χ3v) is 13.5. The zero-order valence-corrected chi connectivity index (χ0v) is 45.5. The van der Waals surface area contributed by atoms with Crippen molar-refractivity contribution in [3.8, 4) is 0 Å². The largest absolute Gasteiger partial charge is 0.394 e. The first-order valence-electron chi connectivity index (χ1n) is 29.3. The molecule has 0 saturated carbocycles. The quantitative estimate of drug-likeness (QED) is 0.0261. The number of carbonyl (C=O) groups excluding carboxylic acids is 1. The molecule has 1 rings (SSSR count). The summed E-state index contributed by atoms with van der Waals surface area (Å²) in [6.07, 6.45) is 64.7. The molecule has 7 unspecified atom stereocenters. The Morgan fingerprint density at radius 2 is 0.873 bits per heavy atom. The van der Waals surface area contributed by atoms with Crippen molar-refractivity contribution >= 4 is 5.91 Å². The molecule has 1 fully saturated rings. The van der Waals surface area contributed by atoms with E-state index in [1.807, 2.05) is 0 Å². The molecule has 6 N–H and O–H groups in total. The van der Waals surface area contributed by atoms with Crippen LogP contribution in [0.5, 0.6) is 0 Å². The summed E-state index contributed by atoms with van der Waals surface area (Å²) in [5.41, 5.74) is 0. The second-order valence-corrected chi connectivity index (χ2v) is 20.1. The van der Waals surface area contributed by atoms with Gasteiger partial charge in [-0.05, 0) is 70.6 Å². The summed E-state index contributed by atoms with van der Waals surface area (Å²) < 4.78 is 11.3. The van der Waals surface area contributed by atoms with Gasteiger partial charge in [-0.25, -0.2) is 0 Å². The minimum atomic E-state index is -1.56. The van der Waals surface area contributed by atoms with Crippen molar-refractivity contribution in [2.45, 2.75) is 288 Å². The summed E-state index contributed by atoms with van der Waals surface area (Å²) in [6, 6.07) is -0.723. The zero-order valence-electron chi connectivity index (χ0n) is 45.5. The normalized spacial score (nSPS) is 19.9. The van der Waals surface area contributed by atoms with E-state index in [9.17, 15) is 30.3 Å². The Kier molecular flexibility index (Phi) is 47.6. The molecule has 0 aromatic heterocycles. The first-order chi connectivity index (χ1) is 34.8. The third-order valence-electron chi connectivity index (χ3n) is 13.5. The van der Waals surface area contributed by atoms with Gasteiger partial charge in [-0.3, -0.25) is 4.79 Å². The highest BCUT2D eigenvalue weighted by molar-refractivity contribution is 5.76. The van der Waals surface area contributed by atoms with Crippen molar-refractivity contribution in [2.24, 2.45) is 0 Å². The van der Waals surface area contributed by atoms with Crippen molar-refractivity contribution in [3.63, 3.8) is 0 Å². The van der Waals surface area contributed by atoms with Gasteiger partial charge in [0.1, 0.15) is 24.4 Å². The Morgan fingerprint density at radius 1 is 0.493 bits per heavy atom. The van der Waals surface area contributed by atoms with E-state index in [-0.39, 0.29) is 12.5 Å². The monoisotopic (exact) mass is 996 g/mol. The highest BCUT2D eigenvalue weighted by Gasteiger charge is 2.44. The van der Waals surface area contributed by atoms with Gasteiger partial charge in [0.25, 0.3) is 0 Å². The standard InChI is InChI=1S/C62H109NO8/c1-3-5-7-9-11-13-15-17-18-19-20-21-22-23-24-25-26-27-28-29-30-31-32-33-34-35-36-37-38-40-42-44-46-48-50-52-58(66)63-55(54-70-62-61(69)60(68)59(67)57(53-64)71-62)56(65)51-49-47-45-43-41-39-16-14-12-10-8-6-4-2/h5,7,11,13,17-18,20-21,23-24,26-27,29-30,55-57,59-62,64-65,67-69H,3-4,6,8-10,12,14-16,19,22,25,28,31-54H2,1-2H3,(H,63,66)/b7-5-,13-11-,18-17-,21-20-,24-23-,27-26-,30-29-. The molecule has 1 aliphatic rings. The van der Waals surface area contributed by atoms with Crippen LogP contribution in [-0.4, -0.2) is 87.5 Å². The van der Waals surface area contributed by atoms with Gasteiger partial charge in [0.05, 0.1) is 25.4 Å². The zero-order chi connectivity index (χ0) is 51.5. The van der Waals surface area contributed by atoms with Crippen LogP contribution in [0.3, 0.4) is 0 Å². The number of ether oxygens (including phenoxy) is 2. The molecular weight excluding hydrogens is 887 g/mol. The van der Waals surface area contributed by atoms with Gasteiger partial charge in [0.2, 0.25) is 5.91 Å². The maximum atomic E-state index is 13.1. The topological polar surface area (TPSA) is 149 Å². The van der Waals surface area contributed by atoms with E-state index in [2.05, 4.69) is 104 Å². The molecule has 1 aliphatic heterocycles. The summed E-state index contributed by atoms with van der Waals surface area (Å²) in [7, 11) is 0. The molecule has 0 aromatic rings. The van der Waals surface area contributed by atoms with Gasteiger partial charge in [-0.2, -0.15) is 0 Å². The average Bonchev–Trinajstić information content (AvgIpc) is 3.37. The summed E-state index contributed by atoms with van der Waals surface area (Å²) in [4.78, 5) is 13.1. The lowest BCUT2D eigenvalue weighted by Gasteiger charge is -2.40. The fourth-order valence-corrected chi connectivity index (χ4v) is 8.91. The van der Waals surface area contributed by atoms with Crippen LogP contribution in [-0.2, 0) is 14.3 Å². The molecule has 0 bridgehead atoms. The van der Waals surface area contributed by atoms with Gasteiger partial charge in [0, 0.05) is 6.42 Å². The van der Waals surface area contributed by atoms with Gasteiger partial charge in [0.15, 0.2) is 6.29 Å². The van der Waals surface area contributed by atoms with Crippen LogP contribution in [0.2, 0.25) is 0 Å². The molecule has 7 atom stereocenters. The molecule has 9 nitrogen and oxygen atoms in total. The second-order valence-electron chi connectivity index (χ2n) is 20.1. The maximum absolute atomic E-state index is 13.1. The number of nitrogens with one attached hydrogen (secondary N) is 1. The first-order valence-corrected chi connectivity index (χ1v) is 29.3. The highest BCUT2D eigenvalue weighted by atomic mass is 16.7. The fourth-order valence-electron chi connectivity index (χ4n) is 8.91. The van der Waals surface area contributed by atoms with Crippen molar-refractivity contribution in [2.75, 3.05) is 13.2 Å². The maximum Gasteiger partial charge on any atom is 0.220 e. The van der Waals surface area contributed by atoms with Crippen molar-refractivity contribution in [1.29, 1.82) is 0 Å². The molecule has 1 saturated heterocycles. The van der Waals surface area contributed by atoms with Crippen LogP contribution >= 0.6 is 0 Å². The van der Waals surface area contributed by atoms with E-state index in [0.29, 0.717) is 12.8 Å². The minimum Gasteiger partial charge on any atom is -0.394 e. The Morgan fingerprint density at radius 3 is 1.30 bits per heavy atom. The number of carbonyl (C=O) groups is 1. The number of unbranched alkanes of at least 4 members (excludes halogenated alkanes) is 25. The average molecular weight is 997 g/mol. The summed E-state index contributed by atoms with van der Waals surface area (Å²) in [6.45, 7) is 3.72. The van der Waals surface area contributed by atoms with Crippen LogP contribution in [0.25, 0.3) is 0 Å². The Bertz CT molecular complexity index is 1390. The van der Waals surface area contributed by atoms with Crippen molar-refractivity contribution in [3.05, 3.63) is 85.1 Å². The molecule has 71 heavy (non-hydrogen) atoms. The lowest BCUT2D eigenvalue weighted by Crippen LogP contribution is -2.60. The minimum absolute atomic E-state index is 0.140. The Labute approximate surface area is 435 Å². The van der Waals surface area contributed by atoms with E-state index >= 15 is 0 Å². The fraction of sp³-hybridized carbons (Fsp3) is 0.758. The van der Waals surface area contributed by atoms with Crippen LogP contribution in [0.1, 0.15) is 245 Å². The molecule has 0 radical (unpaired) electrons. The smallest absolute Gasteiger partial charge is 0.220 e. The van der Waals surface area contributed by atoms with Crippen LogP contribution in [0, 0.1) is 0 Å². The van der Waals surface area contributed by atoms with Crippen molar-refractivity contribution < 1.29 is 39.8 Å². The van der Waals surface area contributed by atoms with Gasteiger partial charge >= 0.3 is 0 Å². The number of hydrogen-bond acceptors (Lipinski definition) is 8. The molecule has 0 aliphatic carbocycles. The third kappa shape index (κ3) is 40.4. The molecule has 1 heterocycles. The van der Waals surface area contributed by atoms with E-state index in [1.54, 1.807) is 0 Å². The molecule has 1 amide bonds. The Balaban J connectivity index is 2.13. The van der Waals surface area contributed by atoms with Gasteiger partial charge in [-0.15, -0.1) is 0 Å². The SMILES string of the molecule is CC/C=C\C/C=C\C/C=C\C/C=C\C/C=C\C/C=C\C/C=C\CCCCCCCCCCCCCCCC(=O)NC(COC1OC(CO)C(O)C(O)C1O)C(O)CCCCCCCCCCCCCCC. The van der Waals surface area contributed by atoms with E-state index in [4.69, 9.17) is 9.47 Å². The summed E-state index contributed by atoms with van der Waals surface area (Å²) in [5, 5.41) is 54.6. The number of aliphatic hydroxyl groups excluding tert-OH is 5. The first kappa shape index (κ1) is 66.4. The second kappa shape index (κ2) is 50.9. The number of aliphatic hydroxyl groups is 5. The number of amides is 1. The number of rotatable bonds is 49. The molecule has 0 aromatic carbocycles. The van der Waals surface area contributed by atoms with E-state index in [1.165, 1.54) is 135 Å². The predicted molar refractivity (Wildman–Crippen MR) is 299 cm³/mol. The summed E-state index contributed by atoms with van der Waals surface area (Å²) in [5.74, 6) is -0.148. The summed E-state index contributed by atoms with van der Waals surface area (Å²) >= 11 is 0. The van der Waals surface area contributed by atoms with E-state index in [0.717, 1.165) is 83.5 Å². The Hall–Kier alpha value is -2.63. The van der Waals surface area contributed by atoms with Gasteiger partial charge < -0.3 is 40.3 Å². The lowest BCUT2D eigenvalue weighted by molar-refractivity contribution is -0.302. The van der Waals surface area contributed by atoms with Crippen LogP contribution < -0.4 is 5.32 Å². The van der Waals surface area contributed by atoms with Crippen LogP contribution in [0.4, 0.5) is 0 Å². The van der Waals surface area contributed by atoms with Gasteiger partial charge in [-0.1, -0.05) is 253 Å². The molecule has 0 spiro atoms. The predicted octanol–water partition coefficient (Wildman–Crippen LogP) is 14.6. The van der Waals surface area contributed by atoms with Crippen molar-refractivity contribution in [1.82, 2.24) is 5.32 Å². The molecule has 410 valence electrons.